The minimum Gasteiger partial charge on any atom is -0.462 e. The zero-order valence-electron chi connectivity index (χ0n) is 14.3. The van der Waals surface area contributed by atoms with Crippen molar-refractivity contribution >= 4 is 23.5 Å². The molecule has 2 amide bonds. The van der Waals surface area contributed by atoms with Gasteiger partial charge in [0.05, 0.1) is 23.6 Å². The molecule has 1 aromatic rings. The lowest BCUT2D eigenvalue weighted by atomic mass is 9.77. The van der Waals surface area contributed by atoms with Gasteiger partial charge in [-0.15, -0.1) is 0 Å². The fourth-order valence-corrected chi connectivity index (χ4v) is 4.00. The Balaban J connectivity index is 1.70. The van der Waals surface area contributed by atoms with Gasteiger partial charge in [-0.05, 0) is 43.2 Å². The van der Waals surface area contributed by atoms with Crippen molar-refractivity contribution in [1.29, 1.82) is 0 Å². The molecule has 3 aliphatic heterocycles. The predicted molar refractivity (Wildman–Crippen MR) is 88.8 cm³/mol. The quantitative estimate of drug-likeness (QED) is 0.475. The van der Waals surface area contributed by atoms with Gasteiger partial charge < -0.3 is 9.47 Å². The summed E-state index contributed by atoms with van der Waals surface area (Å²) in [6.45, 7) is 5.17. The summed E-state index contributed by atoms with van der Waals surface area (Å²) in [4.78, 5) is 38.5. The lowest BCUT2D eigenvalue weighted by Crippen LogP contribution is -2.44. The molecule has 6 heteroatoms. The molecule has 2 fully saturated rings. The van der Waals surface area contributed by atoms with E-state index in [2.05, 4.69) is 0 Å². The molecule has 0 aliphatic carbocycles. The van der Waals surface area contributed by atoms with Gasteiger partial charge in [-0.3, -0.25) is 14.4 Å². The summed E-state index contributed by atoms with van der Waals surface area (Å²) in [6, 6.07) is 5.53. The fraction of sp³-hybridized carbons (Fsp3) is 0.421. The van der Waals surface area contributed by atoms with Crippen molar-refractivity contribution < 1.29 is 23.9 Å². The molecule has 0 aromatic heterocycles. The summed E-state index contributed by atoms with van der Waals surface area (Å²) >= 11 is 0. The van der Waals surface area contributed by atoms with Crippen LogP contribution in [0.5, 0.6) is 0 Å². The molecule has 4 atom stereocenters. The van der Waals surface area contributed by atoms with E-state index in [0.29, 0.717) is 5.69 Å². The number of rotatable bonds is 3. The highest BCUT2D eigenvalue weighted by atomic mass is 16.6. The zero-order chi connectivity index (χ0) is 17.9. The smallest absolute Gasteiger partial charge is 0.302 e. The van der Waals surface area contributed by atoms with Gasteiger partial charge in [0, 0.05) is 6.92 Å². The number of hydrogen-bond donors (Lipinski definition) is 0. The molecule has 4 rings (SSSR count). The molecular formula is C19H19NO5. The molecule has 0 radical (unpaired) electrons. The number of hydrogen-bond acceptors (Lipinski definition) is 5. The Morgan fingerprint density at radius 1 is 1.24 bits per heavy atom. The highest BCUT2D eigenvalue weighted by molar-refractivity contribution is 6.23. The van der Waals surface area contributed by atoms with Gasteiger partial charge in [-0.1, -0.05) is 12.1 Å². The number of benzene rings is 1. The van der Waals surface area contributed by atoms with E-state index in [0.717, 1.165) is 11.1 Å². The number of aryl methyl sites for hydroxylation is 2. The molecule has 0 spiro atoms. The molecular weight excluding hydrogens is 322 g/mol. The Bertz CT molecular complexity index is 829. The van der Waals surface area contributed by atoms with Crippen molar-refractivity contribution in [3.8, 4) is 0 Å². The second-order valence-electron chi connectivity index (χ2n) is 6.96. The Morgan fingerprint density at radius 2 is 2.00 bits per heavy atom. The van der Waals surface area contributed by atoms with Gasteiger partial charge in [0.15, 0.2) is 0 Å². The molecule has 2 saturated heterocycles. The van der Waals surface area contributed by atoms with Crippen LogP contribution in [0.1, 0.15) is 18.1 Å². The number of esters is 1. The average Bonchev–Trinajstić information content (AvgIpc) is 3.20. The molecule has 6 nitrogen and oxygen atoms in total. The SMILES string of the molecule is CC(=O)OC[C@@]12C=C[C@@H](O1)[C@H]1C(=O)N(c3ccc(C)c(C)c3)C(=O)[C@@H]12. The third kappa shape index (κ3) is 2.17. The minimum absolute atomic E-state index is 0.0592. The number of fused-ring (bicyclic) bond motifs is 5. The zero-order valence-corrected chi connectivity index (χ0v) is 14.3. The second kappa shape index (κ2) is 5.26. The molecule has 3 heterocycles. The maximum atomic E-state index is 13.1. The number of imide groups is 1. The first-order chi connectivity index (χ1) is 11.8. The summed E-state index contributed by atoms with van der Waals surface area (Å²) in [5.74, 6) is -2.21. The first-order valence-corrected chi connectivity index (χ1v) is 8.30. The van der Waals surface area contributed by atoms with Crippen LogP contribution in [0, 0.1) is 25.7 Å². The second-order valence-corrected chi connectivity index (χ2v) is 6.96. The van der Waals surface area contributed by atoms with Gasteiger partial charge in [0.2, 0.25) is 11.8 Å². The van der Waals surface area contributed by atoms with Crippen molar-refractivity contribution in [2.24, 2.45) is 11.8 Å². The Hall–Kier alpha value is -2.47. The van der Waals surface area contributed by atoms with E-state index < -0.39 is 29.5 Å². The monoisotopic (exact) mass is 341 g/mol. The van der Waals surface area contributed by atoms with Gasteiger partial charge in [-0.2, -0.15) is 0 Å². The van der Waals surface area contributed by atoms with Crippen LogP contribution in [0.2, 0.25) is 0 Å². The first kappa shape index (κ1) is 16.0. The topological polar surface area (TPSA) is 72.9 Å². The molecule has 3 aliphatic rings. The number of ether oxygens (including phenoxy) is 2. The lowest BCUT2D eigenvalue weighted by Gasteiger charge is -2.28. The predicted octanol–water partition coefficient (Wildman–Crippen LogP) is 1.68. The van der Waals surface area contributed by atoms with E-state index in [9.17, 15) is 14.4 Å². The number of nitrogens with zero attached hydrogens (tertiary/aromatic N) is 1. The van der Waals surface area contributed by atoms with Gasteiger partial charge in [0.1, 0.15) is 12.2 Å². The van der Waals surface area contributed by atoms with Gasteiger partial charge in [-0.25, -0.2) is 4.90 Å². The van der Waals surface area contributed by atoms with Crippen molar-refractivity contribution in [1.82, 2.24) is 0 Å². The van der Waals surface area contributed by atoms with E-state index in [1.807, 2.05) is 26.0 Å². The maximum absolute atomic E-state index is 13.1. The standard InChI is InChI=1S/C19H19NO5/c1-10-4-5-13(8-11(10)2)20-17(22)15-14-6-7-19(25-14,9-24-12(3)21)16(15)18(20)23/h4-8,14-16H,9H2,1-3H3/t14-,15-,16-,19-/m1/s1. The van der Waals surface area contributed by atoms with Gasteiger partial charge in [0.25, 0.3) is 0 Å². The van der Waals surface area contributed by atoms with E-state index >= 15 is 0 Å². The Labute approximate surface area is 145 Å². The van der Waals surface area contributed by atoms with E-state index in [1.54, 1.807) is 18.2 Å². The summed E-state index contributed by atoms with van der Waals surface area (Å²) in [5.41, 5.74) is 1.65. The van der Waals surface area contributed by atoms with E-state index in [1.165, 1.54) is 11.8 Å². The van der Waals surface area contributed by atoms with Crippen LogP contribution < -0.4 is 4.90 Å². The highest BCUT2D eigenvalue weighted by Crippen LogP contribution is 2.52. The molecule has 1 aromatic carbocycles. The molecule has 2 bridgehead atoms. The number of carbonyl (C=O) groups is 3. The summed E-state index contributed by atoms with van der Waals surface area (Å²) in [6.07, 6.45) is 3.10. The van der Waals surface area contributed by atoms with Crippen LogP contribution in [0.3, 0.4) is 0 Å². The normalized spacial score (nSPS) is 32.4. The summed E-state index contributed by atoms with van der Waals surface area (Å²) in [7, 11) is 0. The number of amides is 2. The first-order valence-electron chi connectivity index (χ1n) is 8.30. The summed E-state index contributed by atoms with van der Waals surface area (Å²) in [5, 5.41) is 0. The van der Waals surface area contributed by atoms with Crippen LogP contribution in [-0.4, -0.2) is 36.1 Å². The Kier molecular flexibility index (Phi) is 3.37. The molecule has 0 saturated carbocycles. The highest BCUT2D eigenvalue weighted by Gasteiger charge is 2.68. The van der Waals surface area contributed by atoms with Crippen molar-refractivity contribution in [2.75, 3.05) is 11.5 Å². The van der Waals surface area contributed by atoms with E-state index in [-0.39, 0.29) is 18.4 Å². The third-order valence-corrected chi connectivity index (χ3v) is 5.40. The van der Waals surface area contributed by atoms with Crippen LogP contribution in [0.4, 0.5) is 5.69 Å². The fourth-order valence-electron chi connectivity index (χ4n) is 4.00. The van der Waals surface area contributed by atoms with Crippen LogP contribution in [0.15, 0.2) is 30.4 Å². The van der Waals surface area contributed by atoms with Crippen LogP contribution >= 0.6 is 0 Å². The lowest BCUT2D eigenvalue weighted by molar-refractivity contribution is -0.150. The van der Waals surface area contributed by atoms with Crippen molar-refractivity contribution in [3.63, 3.8) is 0 Å². The molecule has 0 unspecified atom stereocenters. The third-order valence-electron chi connectivity index (χ3n) is 5.40. The Morgan fingerprint density at radius 3 is 2.68 bits per heavy atom. The maximum Gasteiger partial charge on any atom is 0.302 e. The minimum atomic E-state index is -1.04. The van der Waals surface area contributed by atoms with Crippen molar-refractivity contribution in [3.05, 3.63) is 41.5 Å². The largest absolute Gasteiger partial charge is 0.462 e. The summed E-state index contributed by atoms with van der Waals surface area (Å²) < 4.78 is 11.0. The number of anilines is 1. The molecule has 0 N–H and O–H groups in total. The number of carbonyl (C=O) groups excluding carboxylic acids is 3. The van der Waals surface area contributed by atoms with Gasteiger partial charge >= 0.3 is 5.97 Å². The molecule has 25 heavy (non-hydrogen) atoms. The van der Waals surface area contributed by atoms with Crippen molar-refractivity contribution in [2.45, 2.75) is 32.5 Å². The molecule has 130 valence electrons. The van der Waals surface area contributed by atoms with Crippen LogP contribution in [0.25, 0.3) is 0 Å². The van der Waals surface area contributed by atoms with Crippen LogP contribution in [-0.2, 0) is 23.9 Å². The van der Waals surface area contributed by atoms with E-state index in [4.69, 9.17) is 9.47 Å². The average molecular weight is 341 g/mol.